The maximum absolute atomic E-state index is 11.4. The Morgan fingerprint density at radius 1 is 1.57 bits per heavy atom. The van der Waals surface area contributed by atoms with Crippen LogP contribution in [0.25, 0.3) is 0 Å². The smallest absolute Gasteiger partial charge is 0.231 e. The lowest BCUT2D eigenvalue weighted by Crippen LogP contribution is -2.20. The molecule has 1 aliphatic heterocycles. The Balaban J connectivity index is 2.34. The number of benzene rings is 1. The molecule has 0 unspecified atom stereocenters. The van der Waals surface area contributed by atoms with Crippen LogP contribution in [-0.2, 0) is 11.2 Å². The van der Waals surface area contributed by atoms with E-state index in [0.29, 0.717) is 6.42 Å². The highest BCUT2D eigenvalue weighted by Gasteiger charge is 2.23. The second kappa shape index (κ2) is 3.61. The summed E-state index contributed by atoms with van der Waals surface area (Å²) in [6.45, 7) is 0. The second-order valence-electron chi connectivity index (χ2n) is 3.28. The first-order chi connectivity index (χ1) is 6.72. The predicted octanol–water partition coefficient (Wildman–Crippen LogP) is 1.97. The summed E-state index contributed by atoms with van der Waals surface area (Å²) < 4.78 is 0. The number of carbonyl (C=O) groups excluding carboxylic acids is 1. The Morgan fingerprint density at radius 2 is 2.36 bits per heavy atom. The number of amides is 1. The quantitative estimate of drug-likeness (QED) is 0.647. The van der Waals surface area contributed by atoms with E-state index in [4.69, 9.17) is 0 Å². The molecule has 1 heterocycles. The molecule has 0 aromatic heterocycles. The Morgan fingerprint density at radius 3 is 3.07 bits per heavy atom. The van der Waals surface area contributed by atoms with Gasteiger partial charge in [0.25, 0.3) is 0 Å². The van der Waals surface area contributed by atoms with Crippen molar-refractivity contribution < 1.29 is 4.79 Å². The lowest BCUT2D eigenvalue weighted by Gasteiger charge is -2.10. The minimum atomic E-state index is 0.163. The third-order valence-corrected chi connectivity index (χ3v) is 2.71. The highest BCUT2D eigenvalue weighted by Crippen LogP contribution is 2.29. The molecule has 1 aromatic rings. The average molecular weight is 255 g/mol. The van der Waals surface area contributed by atoms with Crippen molar-refractivity contribution in [1.82, 2.24) is 0 Å². The molecule has 14 heavy (non-hydrogen) atoms. The zero-order valence-electron chi connectivity index (χ0n) is 7.88. The molecule has 74 valence electrons. The van der Waals surface area contributed by atoms with Gasteiger partial charge in [0.15, 0.2) is 0 Å². The number of likely N-dealkylation sites (N-methyl/N-ethyl adjacent to an activating group) is 1. The molecule has 4 heteroatoms. The Kier molecular flexibility index (Phi) is 2.46. The van der Waals surface area contributed by atoms with Crippen molar-refractivity contribution in [2.75, 3.05) is 22.7 Å². The first-order valence-electron chi connectivity index (χ1n) is 4.41. The molecule has 0 atom stereocenters. The maximum Gasteiger partial charge on any atom is 0.231 e. The van der Waals surface area contributed by atoms with Crippen molar-refractivity contribution in [2.45, 2.75) is 6.42 Å². The number of hydrogen-bond acceptors (Lipinski definition) is 2. The van der Waals surface area contributed by atoms with E-state index < -0.39 is 0 Å². The summed E-state index contributed by atoms with van der Waals surface area (Å²) in [5, 5.41) is 3.15. The third kappa shape index (κ3) is 1.50. The molecule has 0 radical (unpaired) electrons. The number of hydrogen-bond donors (Lipinski definition) is 1. The van der Waals surface area contributed by atoms with Crippen LogP contribution in [0, 0.1) is 0 Å². The normalized spacial score (nSPS) is 14.4. The van der Waals surface area contributed by atoms with E-state index in [1.807, 2.05) is 25.2 Å². The van der Waals surface area contributed by atoms with Gasteiger partial charge in [-0.25, -0.2) is 0 Å². The molecule has 3 nitrogen and oxygen atoms in total. The molecule has 0 saturated carbocycles. The number of alkyl halides is 1. The standard InChI is InChI=1S/C10H11BrN2O/c1-13-9-3-2-8(12-6-11)4-7(9)5-10(13)14/h2-4,12H,5-6H2,1H3. The highest BCUT2D eigenvalue weighted by molar-refractivity contribution is 9.09. The zero-order valence-corrected chi connectivity index (χ0v) is 9.47. The zero-order chi connectivity index (χ0) is 10.1. The van der Waals surface area contributed by atoms with Gasteiger partial charge < -0.3 is 10.2 Å². The largest absolute Gasteiger partial charge is 0.375 e. The van der Waals surface area contributed by atoms with E-state index in [0.717, 1.165) is 22.4 Å². The van der Waals surface area contributed by atoms with E-state index >= 15 is 0 Å². The molecular formula is C10H11BrN2O. The molecule has 0 aliphatic carbocycles. The number of halogens is 1. The van der Waals surface area contributed by atoms with Gasteiger partial charge in [0.05, 0.1) is 11.9 Å². The van der Waals surface area contributed by atoms with Crippen molar-refractivity contribution in [3.8, 4) is 0 Å². The topological polar surface area (TPSA) is 32.3 Å². The van der Waals surface area contributed by atoms with Gasteiger partial charge in [-0.2, -0.15) is 0 Å². The molecule has 1 amide bonds. The SMILES string of the molecule is CN1C(=O)Cc2cc(NCBr)ccc21. The lowest BCUT2D eigenvalue weighted by atomic mass is 10.1. The van der Waals surface area contributed by atoms with Gasteiger partial charge in [-0.05, 0) is 23.8 Å². The van der Waals surface area contributed by atoms with Crippen LogP contribution in [-0.4, -0.2) is 18.4 Å². The van der Waals surface area contributed by atoms with Crippen molar-refractivity contribution in [2.24, 2.45) is 0 Å². The first kappa shape index (κ1) is 9.52. The maximum atomic E-state index is 11.4. The summed E-state index contributed by atoms with van der Waals surface area (Å²) in [5.74, 6) is 0.163. The predicted molar refractivity (Wildman–Crippen MR) is 61.0 cm³/mol. The van der Waals surface area contributed by atoms with Crippen LogP contribution in [0.1, 0.15) is 5.56 Å². The number of nitrogens with one attached hydrogen (secondary N) is 1. The summed E-state index contributed by atoms with van der Waals surface area (Å²) in [7, 11) is 1.81. The second-order valence-corrected chi connectivity index (χ2v) is 3.84. The van der Waals surface area contributed by atoms with Gasteiger partial charge in [-0.3, -0.25) is 4.79 Å². The van der Waals surface area contributed by atoms with Crippen LogP contribution in [0.15, 0.2) is 18.2 Å². The van der Waals surface area contributed by atoms with Gasteiger partial charge in [0, 0.05) is 18.4 Å². The minimum absolute atomic E-state index is 0.163. The van der Waals surface area contributed by atoms with E-state index in [9.17, 15) is 4.79 Å². The van der Waals surface area contributed by atoms with E-state index in [1.54, 1.807) is 4.90 Å². The van der Waals surface area contributed by atoms with E-state index in [2.05, 4.69) is 21.2 Å². The highest BCUT2D eigenvalue weighted by atomic mass is 79.9. The van der Waals surface area contributed by atoms with Crippen molar-refractivity contribution in [3.63, 3.8) is 0 Å². The van der Waals surface area contributed by atoms with Crippen LogP contribution in [0.3, 0.4) is 0 Å². The number of rotatable bonds is 2. The van der Waals surface area contributed by atoms with Gasteiger partial charge in [0.2, 0.25) is 5.91 Å². The summed E-state index contributed by atoms with van der Waals surface area (Å²) in [4.78, 5) is 13.1. The van der Waals surface area contributed by atoms with Gasteiger partial charge in [0.1, 0.15) is 0 Å². The molecule has 2 rings (SSSR count). The number of nitrogens with zero attached hydrogens (tertiary/aromatic N) is 1. The molecule has 0 fully saturated rings. The average Bonchev–Trinajstić information content (AvgIpc) is 2.43. The molecule has 0 spiro atoms. The molecule has 0 saturated heterocycles. The van der Waals surface area contributed by atoms with Crippen molar-refractivity contribution in [3.05, 3.63) is 23.8 Å². The van der Waals surface area contributed by atoms with Gasteiger partial charge >= 0.3 is 0 Å². The minimum Gasteiger partial charge on any atom is -0.375 e. The lowest BCUT2D eigenvalue weighted by molar-refractivity contribution is -0.117. The Hall–Kier alpha value is -1.03. The summed E-state index contributed by atoms with van der Waals surface area (Å²) in [5.41, 5.74) is 3.89. The fourth-order valence-corrected chi connectivity index (χ4v) is 1.98. The number of carbonyl (C=O) groups is 1. The number of fused-ring (bicyclic) bond motifs is 1. The monoisotopic (exact) mass is 254 g/mol. The summed E-state index contributed by atoms with van der Waals surface area (Å²) in [6.07, 6.45) is 0.517. The van der Waals surface area contributed by atoms with Gasteiger partial charge in [-0.15, -0.1) is 0 Å². The summed E-state index contributed by atoms with van der Waals surface area (Å²) >= 11 is 3.30. The van der Waals surface area contributed by atoms with E-state index in [1.165, 1.54) is 0 Å². The molecular weight excluding hydrogens is 244 g/mol. The van der Waals surface area contributed by atoms with Crippen LogP contribution < -0.4 is 10.2 Å². The Bertz CT molecular complexity index is 378. The van der Waals surface area contributed by atoms with Gasteiger partial charge in [-0.1, -0.05) is 15.9 Å². The Labute approximate surface area is 91.2 Å². The molecule has 1 N–H and O–H groups in total. The fourth-order valence-electron chi connectivity index (χ4n) is 1.66. The molecule has 0 bridgehead atoms. The van der Waals surface area contributed by atoms with Crippen LogP contribution in [0.4, 0.5) is 11.4 Å². The number of anilines is 2. The van der Waals surface area contributed by atoms with Crippen molar-refractivity contribution >= 4 is 33.2 Å². The van der Waals surface area contributed by atoms with Crippen LogP contribution in [0.2, 0.25) is 0 Å². The van der Waals surface area contributed by atoms with Crippen molar-refractivity contribution in [1.29, 1.82) is 0 Å². The fraction of sp³-hybridized carbons (Fsp3) is 0.300. The molecule has 1 aliphatic rings. The van der Waals surface area contributed by atoms with E-state index in [-0.39, 0.29) is 5.91 Å². The summed E-state index contributed by atoms with van der Waals surface area (Å²) in [6, 6.07) is 5.98. The van der Waals surface area contributed by atoms with Crippen LogP contribution in [0.5, 0.6) is 0 Å². The van der Waals surface area contributed by atoms with Crippen LogP contribution >= 0.6 is 15.9 Å². The molecule has 1 aromatic carbocycles. The third-order valence-electron chi connectivity index (χ3n) is 2.43. The first-order valence-corrected chi connectivity index (χ1v) is 5.54.